The van der Waals surface area contributed by atoms with Crippen LogP contribution in [0.1, 0.15) is 97.0 Å². The van der Waals surface area contributed by atoms with Crippen LogP contribution in [0.4, 0.5) is 11.4 Å². The Morgan fingerprint density at radius 2 is 1.71 bits per heavy atom. The molecule has 10 heteroatoms. The van der Waals surface area contributed by atoms with Gasteiger partial charge in [0, 0.05) is 40.2 Å². The third-order valence-electron chi connectivity index (χ3n) is 11.2. The predicted octanol–water partition coefficient (Wildman–Crippen LogP) is 7.66. The van der Waals surface area contributed by atoms with E-state index in [1.54, 1.807) is 17.6 Å². The van der Waals surface area contributed by atoms with Crippen LogP contribution in [0.2, 0.25) is 0 Å². The Kier molecular flexibility index (Phi) is 8.40. The minimum atomic E-state index is -1.07. The SMILES string of the molecule is CCOC(=O)c1cc2cc(NC(=O)C3(NC(=O)c4ccc5c(C6CCCCC6)c6n(c5c4)CC(=O)Nc4ccccc4-6)CCCC3)ccc2n1C. The monoisotopic (exact) mass is 685 g/mol. The molecule has 5 aromatic rings. The fourth-order valence-corrected chi connectivity index (χ4v) is 8.66. The van der Waals surface area contributed by atoms with E-state index in [4.69, 9.17) is 4.74 Å². The lowest BCUT2D eigenvalue weighted by molar-refractivity contribution is -0.122. The highest BCUT2D eigenvalue weighted by molar-refractivity contribution is 6.08. The molecule has 0 spiro atoms. The highest BCUT2D eigenvalue weighted by Gasteiger charge is 2.43. The maximum absolute atomic E-state index is 14.1. The maximum atomic E-state index is 14.1. The molecule has 0 bridgehead atoms. The zero-order chi connectivity index (χ0) is 35.3. The molecule has 2 fully saturated rings. The molecule has 0 atom stereocenters. The number of nitrogens with zero attached hydrogens (tertiary/aromatic N) is 2. The Morgan fingerprint density at radius 3 is 2.49 bits per heavy atom. The summed E-state index contributed by atoms with van der Waals surface area (Å²) in [7, 11) is 1.81. The van der Waals surface area contributed by atoms with Gasteiger partial charge >= 0.3 is 5.97 Å². The molecule has 0 unspecified atom stereocenters. The van der Waals surface area contributed by atoms with Crippen LogP contribution in [0.25, 0.3) is 33.1 Å². The molecule has 3 aliphatic rings. The van der Waals surface area contributed by atoms with E-state index in [0.717, 1.165) is 64.4 Å². The molecule has 1 aliphatic heterocycles. The van der Waals surface area contributed by atoms with Crippen LogP contribution in [-0.4, -0.2) is 45.0 Å². The molecule has 2 saturated carbocycles. The molecule has 3 amide bonds. The second-order valence-electron chi connectivity index (χ2n) is 14.3. The van der Waals surface area contributed by atoms with Gasteiger partial charge in [0.1, 0.15) is 17.8 Å². The number of benzene rings is 3. The Labute approximate surface area is 296 Å². The number of carbonyl (C=O) groups is 4. The third kappa shape index (κ3) is 5.76. The smallest absolute Gasteiger partial charge is 0.354 e. The van der Waals surface area contributed by atoms with E-state index >= 15 is 0 Å². The number of para-hydroxylation sites is 1. The molecular formula is C41H43N5O5. The van der Waals surface area contributed by atoms with Crippen molar-refractivity contribution in [3.05, 3.63) is 83.6 Å². The molecule has 2 aromatic heterocycles. The van der Waals surface area contributed by atoms with Crippen molar-refractivity contribution in [1.82, 2.24) is 14.5 Å². The number of fused-ring (bicyclic) bond motifs is 6. The van der Waals surface area contributed by atoms with E-state index < -0.39 is 11.5 Å². The first-order chi connectivity index (χ1) is 24.8. The molecule has 8 rings (SSSR count). The largest absolute Gasteiger partial charge is 0.461 e. The van der Waals surface area contributed by atoms with Gasteiger partial charge in [-0.05, 0) is 86.6 Å². The van der Waals surface area contributed by atoms with Crippen LogP contribution < -0.4 is 16.0 Å². The average Bonchev–Trinajstić information content (AvgIpc) is 3.80. The fourth-order valence-electron chi connectivity index (χ4n) is 8.66. The molecule has 10 nitrogen and oxygen atoms in total. The zero-order valence-electron chi connectivity index (χ0n) is 29.1. The topological polar surface area (TPSA) is 123 Å². The number of ether oxygens (including phenoxy) is 1. The maximum Gasteiger partial charge on any atom is 0.354 e. The van der Waals surface area contributed by atoms with E-state index in [0.29, 0.717) is 35.7 Å². The Morgan fingerprint density at radius 1 is 0.922 bits per heavy atom. The number of nitrogens with one attached hydrogen (secondary N) is 3. The zero-order valence-corrected chi connectivity index (χ0v) is 29.1. The minimum absolute atomic E-state index is 0.101. The number of hydrogen-bond acceptors (Lipinski definition) is 5. The van der Waals surface area contributed by atoms with E-state index in [2.05, 4.69) is 26.6 Å². The van der Waals surface area contributed by atoms with Crippen molar-refractivity contribution in [2.75, 3.05) is 17.2 Å². The Bertz CT molecular complexity index is 2220. The Balaban J connectivity index is 1.11. The van der Waals surface area contributed by atoms with Gasteiger partial charge in [0.15, 0.2) is 0 Å². The number of aromatic nitrogens is 2. The number of carbonyl (C=O) groups excluding carboxylic acids is 4. The van der Waals surface area contributed by atoms with Gasteiger partial charge in [-0.1, -0.05) is 56.4 Å². The standard InChI is InChI=1S/C41H43N5O5/c1-3-51-39(49)34-23-27-21-28(16-18-32(27)45(34)2)42-40(50)41(19-9-10-20-41)44-38(48)26-15-17-30-33(22-26)46-24-35(47)43-31-14-8-7-13-29(31)37(46)36(30)25-11-5-4-6-12-25/h7-8,13-18,21-23,25H,3-6,9-12,19-20,24H2,1-2H3,(H,42,50)(H,43,47)(H,44,48). The predicted molar refractivity (Wildman–Crippen MR) is 198 cm³/mol. The number of esters is 1. The molecule has 51 heavy (non-hydrogen) atoms. The summed E-state index contributed by atoms with van der Waals surface area (Å²) in [6.07, 6.45) is 8.46. The molecular weight excluding hydrogens is 642 g/mol. The second kappa shape index (κ2) is 13.1. The van der Waals surface area contributed by atoms with Gasteiger partial charge in [-0.25, -0.2) is 4.79 Å². The van der Waals surface area contributed by atoms with Crippen LogP contribution in [0.5, 0.6) is 0 Å². The number of amides is 3. The highest BCUT2D eigenvalue weighted by Crippen LogP contribution is 2.46. The van der Waals surface area contributed by atoms with Gasteiger partial charge in [-0.2, -0.15) is 0 Å². The molecule has 0 radical (unpaired) electrons. The number of hydrogen-bond donors (Lipinski definition) is 3. The summed E-state index contributed by atoms with van der Waals surface area (Å²) in [5.74, 6) is -0.715. The first-order valence-electron chi connectivity index (χ1n) is 18.2. The first kappa shape index (κ1) is 32.8. The third-order valence-corrected chi connectivity index (χ3v) is 11.2. The van der Waals surface area contributed by atoms with Crippen molar-refractivity contribution in [3.63, 3.8) is 0 Å². The number of aryl methyl sites for hydroxylation is 1. The van der Waals surface area contributed by atoms with Crippen molar-refractivity contribution < 1.29 is 23.9 Å². The van der Waals surface area contributed by atoms with Crippen LogP contribution in [0.15, 0.2) is 66.7 Å². The van der Waals surface area contributed by atoms with Gasteiger partial charge in [0.05, 0.1) is 23.5 Å². The molecule has 262 valence electrons. The van der Waals surface area contributed by atoms with Gasteiger partial charge in [-0.15, -0.1) is 0 Å². The number of anilines is 2. The summed E-state index contributed by atoms with van der Waals surface area (Å²) in [5.41, 5.74) is 6.21. The van der Waals surface area contributed by atoms with E-state index in [9.17, 15) is 19.2 Å². The van der Waals surface area contributed by atoms with Gasteiger partial charge in [0.2, 0.25) is 11.8 Å². The lowest BCUT2D eigenvalue weighted by Gasteiger charge is -2.29. The van der Waals surface area contributed by atoms with Gasteiger partial charge in [0.25, 0.3) is 5.91 Å². The first-order valence-corrected chi connectivity index (χ1v) is 18.2. The summed E-state index contributed by atoms with van der Waals surface area (Å²) in [6.45, 7) is 2.20. The highest BCUT2D eigenvalue weighted by atomic mass is 16.5. The lowest BCUT2D eigenvalue weighted by atomic mass is 9.81. The van der Waals surface area contributed by atoms with Crippen molar-refractivity contribution in [1.29, 1.82) is 0 Å². The summed E-state index contributed by atoms with van der Waals surface area (Å²) in [4.78, 5) is 53.8. The number of rotatable bonds is 7. The van der Waals surface area contributed by atoms with Crippen molar-refractivity contribution >= 4 is 56.9 Å². The van der Waals surface area contributed by atoms with E-state index in [1.165, 1.54) is 24.8 Å². The molecule has 3 heterocycles. The summed E-state index contributed by atoms with van der Waals surface area (Å²) in [6, 6.07) is 21.0. The lowest BCUT2D eigenvalue weighted by Crippen LogP contribution is -2.55. The summed E-state index contributed by atoms with van der Waals surface area (Å²) >= 11 is 0. The fraction of sp³-hybridized carbons (Fsp3) is 0.366. The average molecular weight is 686 g/mol. The molecule has 3 aromatic carbocycles. The van der Waals surface area contributed by atoms with Crippen LogP contribution in [0, 0.1) is 0 Å². The second-order valence-corrected chi connectivity index (χ2v) is 14.3. The Hall–Kier alpha value is -5.38. The summed E-state index contributed by atoms with van der Waals surface area (Å²) < 4.78 is 9.07. The van der Waals surface area contributed by atoms with E-state index in [1.807, 2.05) is 61.6 Å². The quantitative estimate of drug-likeness (QED) is 0.152. The van der Waals surface area contributed by atoms with Crippen LogP contribution >= 0.6 is 0 Å². The molecule has 2 aliphatic carbocycles. The normalized spacial score (nSPS) is 17.0. The van der Waals surface area contributed by atoms with Crippen molar-refractivity contribution in [2.24, 2.45) is 7.05 Å². The minimum Gasteiger partial charge on any atom is -0.461 e. The van der Waals surface area contributed by atoms with E-state index in [-0.39, 0.29) is 30.9 Å². The molecule has 3 N–H and O–H groups in total. The van der Waals surface area contributed by atoms with Crippen LogP contribution in [0.3, 0.4) is 0 Å². The van der Waals surface area contributed by atoms with Gasteiger partial charge in [-0.3, -0.25) is 14.4 Å². The molecule has 0 saturated heterocycles. The van der Waals surface area contributed by atoms with Crippen molar-refractivity contribution in [2.45, 2.75) is 82.7 Å². The summed E-state index contributed by atoms with van der Waals surface area (Å²) in [5, 5.41) is 11.2. The van der Waals surface area contributed by atoms with Crippen LogP contribution in [-0.2, 0) is 27.9 Å². The van der Waals surface area contributed by atoms with Crippen molar-refractivity contribution in [3.8, 4) is 11.3 Å². The van der Waals surface area contributed by atoms with Gasteiger partial charge < -0.3 is 29.8 Å².